The Kier molecular flexibility index (Phi) is 4.98. The smallest absolute Gasteiger partial charge is 0.254 e. The molecule has 138 valence electrons. The molecule has 0 bridgehead atoms. The maximum atomic E-state index is 13.1. The van der Waals surface area contributed by atoms with Crippen LogP contribution in [0.25, 0.3) is 11.4 Å². The lowest BCUT2D eigenvalue weighted by atomic mass is 10.1. The standard InChI is InChI=1S/C21H23N5O/c1-16-5-4-8-22-19(16)15-25-11-13-26(14-12-25)21(27)18-7-3-2-6-17(18)20-23-9-10-24-20/h2-10H,11-15H2,1H3,(H,23,24). The fourth-order valence-corrected chi connectivity index (χ4v) is 3.46. The molecule has 0 unspecified atom stereocenters. The van der Waals surface area contributed by atoms with E-state index in [-0.39, 0.29) is 5.91 Å². The van der Waals surface area contributed by atoms with Crippen LogP contribution in [0.3, 0.4) is 0 Å². The first-order valence-corrected chi connectivity index (χ1v) is 9.23. The lowest BCUT2D eigenvalue weighted by Gasteiger charge is -2.35. The van der Waals surface area contributed by atoms with Gasteiger partial charge in [-0.3, -0.25) is 14.7 Å². The van der Waals surface area contributed by atoms with Crippen molar-refractivity contribution >= 4 is 5.91 Å². The van der Waals surface area contributed by atoms with Crippen LogP contribution in [-0.2, 0) is 6.54 Å². The number of nitrogens with one attached hydrogen (secondary N) is 1. The van der Waals surface area contributed by atoms with Crippen LogP contribution in [0.2, 0.25) is 0 Å². The number of H-pyrrole nitrogens is 1. The number of carbonyl (C=O) groups excluding carboxylic acids is 1. The number of rotatable bonds is 4. The molecule has 4 rings (SSSR count). The van der Waals surface area contributed by atoms with E-state index in [0.717, 1.165) is 49.8 Å². The number of carbonyl (C=O) groups is 1. The molecular formula is C21H23N5O. The topological polar surface area (TPSA) is 65.1 Å². The monoisotopic (exact) mass is 361 g/mol. The summed E-state index contributed by atoms with van der Waals surface area (Å²) in [5.74, 6) is 0.791. The summed E-state index contributed by atoms with van der Waals surface area (Å²) in [6.07, 6.45) is 5.32. The largest absolute Gasteiger partial charge is 0.345 e. The first-order chi connectivity index (χ1) is 13.2. The number of nitrogens with zero attached hydrogens (tertiary/aromatic N) is 4. The summed E-state index contributed by atoms with van der Waals surface area (Å²) >= 11 is 0. The Morgan fingerprint density at radius 3 is 2.59 bits per heavy atom. The molecule has 27 heavy (non-hydrogen) atoms. The molecule has 1 N–H and O–H groups in total. The van der Waals surface area contributed by atoms with Gasteiger partial charge in [-0.1, -0.05) is 24.3 Å². The number of aryl methyl sites for hydroxylation is 1. The molecule has 1 saturated heterocycles. The summed E-state index contributed by atoms with van der Waals surface area (Å²) in [6, 6.07) is 11.7. The zero-order valence-electron chi connectivity index (χ0n) is 15.4. The van der Waals surface area contributed by atoms with Crippen molar-refractivity contribution in [3.63, 3.8) is 0 Å². The highest BCUT2D eigenvalue weighted by atomic mass is 16.2. The minimum absolute atomic E-state index is 0.0654. The van der Waals surface area contributed by atoms with Gasteiger partial charge in [0.15, 0.2) is 0 Å². The van der Waals surface area contributed by atoms with Crippen LogP contribution >= 0.6 is 0 Å². The predicted molar refractivity (Wildman–Crippen MR) is 104 cm³/mol. The van der Waals surface area contributed by atoms with Crippen LogP contribution in [0.5, 0.6) is 0 Å². The average molecular weight is 361 g/mol. The lowest BCUT2D eigenvalue weighted by Crippen LogP contribution is -2.48. The molecule has 3 heterocycles. The van der Waals surface area contributed by atoms with E-state index in [2.05, 4.69) is 32.8 Å². The maximum Gasteiger partial charge on any atom is 0.254 e. The van der Waals surface area contributed by atoms with E-state index < -0.39 is 0 Å². The van der Waals surface area contributed by atoms with Crippen molar-refractivity contribution in [1.29, 1.82) is 0 Å². The van der Waals surface area contributed by atoms with Gasteiger partial charge in [-0.25, -0.2) is 4.98 Å². The zero-order chi connectivity index (χ0) is 18.6. The average Bonchev–Trinajstić information content (AvgIpc) is 3.24. The van der Waals surface area contributed by atoms with Crippen LogP contribution < -0.4 is 0 Å². The normalized spacial score (nSPS) is 15.1. The third-order valence-electron chi connectivity index (χ3n) is 5.06. The number of hydrogen-bond acceptors (Lipinski definition) is 4. The summed E-state index contributed by atoms with van der Waals surface area (Å²) in [7, 11) is 0. The Bertz CT molecular complexity index is 914. The van der Waals surface area contributed by atoms with Gasteiger partial charge in [0.05, 0.1) is 11.3 Å². The van der Waals surface area contributed by atoms with Gasteiger partial charge in [-0.05, 0) is 24.6 Å². The number of hydrogen-bond donors (Lipinski definition) is 1. The predicted octanol–water partition coefficient (Wildman–Crippen LogP) is 2.74. The zero-order valence-corrected chi connectivity index (χ0v) is 15.4. The van der Waals surface area contributed by atoms with Crippen molar-refractivity contribution < 1.29 is 4.79 Å². The highest BCUT2D eigenvalue weighted by molar-refractivity contribution is 6.00. The Morgan fingerprint density at radius 2 is 1.85 bits per heavy atom. The van der Waals surface area contributed by atoms with Crippen molar-refractivity contribution in [3.05, 3.63) is 71.8 Å². The molecule has 1 fully saturated rings. The summed E-state index contributed by atoms with van der Waals surface area (Å²) in [4.78, 5) is 29.3. The molecule has 6 heteroatoms. The SMILES string of the molecule is Cc1cccnc1CN1CCN(C(=O)c2ccccc2-c2ncc[nH]2)CC1. The van der Waals surface area contributed by atoms with Gasteiger partial charge in [-0.2, -0.15) is 0 Å². The summed E-state index contributed by atoms with van der Waals surface area (Å²) in [6.45, 7) is 6.06. The van der Waals surface area contributed by atoms with E-state index in [1.807, 2.05) is 41.4 Å². The van der Waals surface area contributed by atoms with E-state index >= 15 is 0 Å². The molecule has 6 nitrogen and oxygen atoms in total. The summed E-state index contributed by atoms with van der Waals surface area (Å²) in [5.41, 5.74) is 3.87. The highest BCUT2D eigenvalue weighted by Crippen LogP contribution is 2.22. The van der Waals surface area contributed by atoms with Gasteiger partial charge in [0.2, 0.25) is 0 Å². The lowest BCUT2D eigenvalue weighted by molar-refractivity contribution is 0.0627. The van der Waals surface area contributed by atoms with E-state index in [1.54, 1.807) is 12.4 Å². The number of aromatic amines is 1. The first kappa shape index (κ1) is 17.4. The van der Waals surface area contributed by atoms with E-state index in [0.29, 0.717) is 5.56 Å². The molecule has 0 spiro atoms. The van der Waals surface area contributed by atoms with Crippen LogP contribution in [0.4, 0.5) is 0 Å². The molecule has 1 aliphatic heterocycles. The summed E-state index contributed by atoms with van der Waals surface area (Å²) < 4.78 is 0. The van der Waals surface area contributed by atoms with Crippen molar-refractivity contribution in [3.8, 4) is 11.4 Å². The molecule has 0 aliphatic carbocycles. The molecule has 0 radical (unpaired) electrons. The third-order valence-corrected chi connectivity index (χ3v) is 5.06. The second-order valence-electron chi connectivity index (χ2n) is 6.82. The third kappa shape index (κ3) is 3.75. The fourth-order valence-electron chi connectivity index (χ4n) is 3.46. The van der Waals surface area contributed by atoms with Crippen molar-refractivity contribution in [2.75, 3.05) is 26.2 Å². The van der Waals surface area contributed by atoms with Gasteiger partial charge in [0.1, 0.15) is 5.82 Å². The van der Waals surface area contributed by atoms with Gasteiger partial charge < -0.3 is 9.88 Å². The molecule has 0 saturated carbocycles. The number of amides is 1. The van der Waals surface area contributed by atoms with E-state index in [4.69, 9.17) is 0 Å². The molecule has 0 atom stereocenters. The Hall–Kier alpha value is -2.99. The molecule has 1 aliphatic rings. The van der Waals surface area contributed by atoms with E-state index in [1.165, 1.54) is 5.56 Å². The number of imidazole rings is 1. The van der Waals surface area contributed by atoms with Gasteiger partial charge in [0, 0.05) is 56.9 Å². The first-order valence-electron chi connectivity index (χ1n) is 9.23. The second kappa shape index (κ2) is 7.72. The van der Waals surface area contributed by atoms with Gasteiger partial charge in [0.25, 0.3) is 5.91 Å². The minimum Gasteiger partial charge on any atom is -0.345 e. The molecule has 1 aromatic carbocycles. The summed E-state index contributed by atoms with van der Waals surface area (Å²) in [5, 5.41) is 0. The van der Waals surface area contributed by atoms with Gasteiger partial charge >= 0.3 is 0 Å². The molecule has 2 aromatic heterocycles. The minimum atomic E-state index is 0.0654. The molecule has 3 aromatic rings. The van der Waals surface area contributed by atoms with Crippen LogP contribution in [0.15, 0.2) is 55.0 Å². The van der Waals surface area contributed by atoms with Crippen LogP contribution in [0, 0.1) is 6.92 Å². The van der Waals surface area contributed by atoms with Gasteiger partial charge in [-0.15, -0.1) is 0 Å². The Balaban J connectivity index is 1.43. The number of piperazine rings is 1. The van der Waals surface area contributed by atoms with Crippen molar-refractivity contribution in [2.24, 2.45) is 0 Å². The number of aromatic nitrogens is 3. The highest BCUT2D eigenvalue weighted by Gasteiger charge is 2.24. The van der Waals surface area contributed by atoms with Crippen molar-refractivity contribution in [1.82, 2.24) is 24.8 Å². The molecular weight excluding hydrogens is 338 g/mol. The Morgan fingerprint density at radius 1 is 1.04 bits per heavy atom. The second-order valence-corrected chi connectivity index (χ2v) is 6.82. The quantitative estimate of drug-likeness (QED) is 0.776. The van der Waals surface area contributed by atoms with Crippen molar-refractivity contribution in [2.45, 2.75) is 13.5 Å². The van der Waals surface area contributed by atoms with Crippen LogP contribution in [0.1, 0.15) is 21.6 Å². The molecule has 1 amide bonds. The Labute approximate surface area is 158 Å². The number of pyridine rings is 1. The van der Waals surface area contributed by atoms with Crippen LogP contribution in [-0.4, -0.2) is 56.8 Å². The van der Waals surface area contributed by atoms with E-state index in [9.17, 15) is 4.79 Å². The maximum absolute atomic E-state index is 13.1. The number of benzene rings is 1. The fraction of sp³-hybridized carbons (Fsp3) is 0.286.